The number of guanidine groups is 1. The van der Waals surface area contributed by atoms with Gasteiger partial charge in [0.05, 0.1) is 0 Å². The van der Waals surface area contributed by atoms with E-state index in [-0.39, 0.29) is 24.0 Å². The molecular formula is C15H31IN4. The molecule has 118 valence electrons. The highest BCUT2D eigenvalue weighted by molar-refractivity contribution is 14.0. The number of rotatable bonds is 4. The summed E-state index contributed by atoms with van der Waals surface area (Å²) >= 11 is 0. The first kappa shape index (κ1) is 18.0. The van der Waals surface area contributed by atoms with Crippen molar-refractivity contribution in [1.29, 1.82) is 0 Å². The van der Waals surface area contributed by atoms with E-state index in [0.29, 0.717) is 0 Å². The Labute approximate surface area is 141 Å². The molecule has 2 saturated heterocycles. The molecule has 2 fully saturated rings. The molecule has 0 aromatic heterocycles. The van der Waals surface area contributed by atoms with Crippen LogP contribution in [0.2, 0.25) is 0 Å². The number of aliphatic imine (C=N–C) groups is 1. The fourth-order valence-electron chi connectivity index (χ4n) is 3.18. The molecule has 2 rings (SSSR count). The van der Waals surface area contributed by atoms with Crippen LogP contribution in [-0.4, -0.2) is 55.0 Å². The van der Waals surface area contributed by atoms with Crippen LogP contribution in [-0.2, 0) is 0 Å². The summed E-state index contributed by atoms with van der Waals surface area (Å²) < 4.78 is 0. The van der Waals surface area contributed by atoms with Crippen molar-refractivity contribution in [1.82, 2.24) is 9.80 Å². The third-order valence-corrected chi connectivity index (χ3v) is 4.65. The number of hydrogen-bond acceptors (Lipinski definition) is 2. The van der Waals surface area contributed by atoms with Gasteiger partial charge in [-0.1, -0.05) is 6.92 Å². The molecule has 0 saturated carbocycles. The first-order valence-corrected chi connectivity index (χ1v) is 8.07. The predicted octanol–water partition coefficient (Wildman–Crippen LogP) is 2.53. The van der Waals surface area contributed by atoms with E-state index in [9.17, 15) is 0 Å². The maximum absolute atomic E-state index is 6.08. The summed E-state index contributed by atoms with van der Waals surface area (Å²) in [5.41, 5.74) is 6.08. The molecule has 2 aliphatic rings. The summed E-state index contributed by atoms with van der Waals surface area (Å²) in [5.74, 6) is 1.64. The van der Waals surface area contributed by atoms with Gasteiger partial charge in [-0.15, -0.1) is 24.0 Å². The summed E-state index contributed by atoms with van der Waals surface area (Å²) in [4.78, 5) is 9.38. The fraction of sp³-hybridized carbons (Fsp3) is 0.933. The lowest BCUT2D eigenvalue weighted by molar-refractivity contribution is 0.188. The third-order valence-electron chi connectivity index (χ3n) is 4.65. The van der Waals surface area contributed by atoms with E-state index < -0.39 is 0 Å². The number of likely N-dealkylation sites (tertiary alicyclic amines) is 2. The molecule has 0 aromatic rings. The average Bonchev–Trinajstić information content (AvgIpc) is 2.49. The molecular weight excluding hydrogens is 363 g/mol. The normalized spacial score (nSPS) is 22.6. The maximum atomic E-state index is 6.08. The Morgan fingerprint density at radius 2 is 1.75 bits per heavy atom. The largest absolute Gasteiger partial charge is 0.370 e. The molecule has 0 aliphatic carbocycles. The quantitative estimate of drug-likeness (QED) is 0.453. The van der Waals surface area contributed by atoms with Crippen LogP contribution in [0.3, 0.4) is 0 Å². The van der Waals surface area contributed by atoms with Gasteiger partial charge in [-0.05, 0) is 64.1 Å². The zero-order chi connectivity index (χ0) is 13.5. The van der Waals surface area contributed by atoms with E-state index in [1.807, 2.05) is 0 Å². The summed E-state index contributed by atoms with van der Waals surface area (Å²) in [6.07, 6.45) is 7.78. The smallest absolute Gasteiger partial charge is 0.191 e. The van der Waals surface area contributed by atoms with Gasteiger partial charge >= 0.3 is 0 Å². The standard InChI is InChI=1S/C15H30N4.HI/c1-2-18-12-7-14(8-13-18)6-9-17-15(16)19-10-4-3-5-11-19;/h14H,2-13H2,1H3,(H2,16,17);1H. The van der Waals surface area contributed by atoms with Crippen molar-refractivity contribution in [3.05, 3.63) is 0 Å². The molecule has 2 heterocycles. The van der Waals surface area contributed by atoms with Gasteiger partial charge in [-0.25, -0.2) is 0 Å². The van der Waals surface area contributed by atoms with Gasteiger partial charge in [0.1, 0.15) is 0 Å². The van der Waals surface area contributed by atoms with E-state index in [1.165, 1.54) is 58.2 Å². The number of hydrogen-bond donors (Lipinski definition) is 1. The highest BCUT2D eigenvalue weighted by Crippen LogP contribution is 2.20. The second kappa shape index (κ2) is 9.82. The van der Waals surface area contributed by atoms with Crippen molar-refractivity contribution in [3.8, 4) is 0 Å². The molecule has 0 atom stereocenters. The van der Waals surface area contributed by atoms with Crippen molar-refractivity contribution in [2.45, 2.75) is 45.4 Å². The maximum Gasteiger partial charge on any atom is 0.191 e. The second-order valence-electron chi connectivity index (χ2n) is 5.95. The molecule has 0 radical (unpaired) electrons. The topological polar surface area (TPSA) is 44.9 Å². The Bertz CT molecular complexity index is 282. The molecule has 0 amide bonds. The fourth-order valence-corrected chi connectivity index (χ4v) is 3.18. The van der Waals surface area contributed by atoms with Crippen LogP contribution in [0.4, 0.5) is 0 Å². The van der Waals surface area contributed by atoms with Crippen LogP contribution in [0.25, 0.3) is 0 Å². The van der Waals surface area contributed by atoms with Crippen LogP contribution >= 0.6 is 24.0 Å². The number of nitrogens with two attached hydrogens (primary N) is 1. The Morgan fingerprint density at radius 1 is 1.10 bits per heavy atom. The molecule has 0 unspecified atom stereocenters. The monoisotopic (exact) mass is 394 g/mol. The van der Waals surface area contributed by atoms with Gasteiger partial charge in [0.15, 0.2) is 5.96 Å². The van der Waals surface area contributed by atoms with Gasteiger partial charge in [0.2, 0.25) is 0 Å². The summed E-state index contributed by atoms with van der Waals surface area (Å²) in [6, 6.07) is 0. The summed E-state index contributed by atoms with van der Waals surface area (Å²) in [6.45, 7) is 9.11. The van der Waals surface area contributed by atoms with E-state index in [2.05, 4.69) is 21.7 Å². The lowest BCUT2D eigenvalue weighted by Crippen LogP contribution is -2.41. The zero-order valence-corrected chi connectivity index (χ0v) is 15.2. The van der Waals surface area contributed by atoms with E-state index >= 15 is 0 Å². The minimum atomic E-state index is 0. The van der Waals surface area contributed by atoms with Gasteiger partial charge < -0.3 is 15.5 Å². The van der Waals surface area contributed by atoms with Crippen molar-refractivity contribution in [2.24, 2.45) is 16.6 Å². The minimum Gasteiger partial charge on any atom is -0.370 e. The third kappa shape index (κ3) is 5.76. The van der Waals surface area contributed by atoms with E-state index in [0.717, 1.165) is 31.5 Å². The van der Waals surface area contributed by atoms with Crippen LogP contribution in [0.5, 0.6) is 0 Å². The van der Waals surface area contributed by atoms with Crippen molar-refractivity contribution in [2.75, 3.05) is 39.3 Å². The Morgan fingerprint density at radius 3 is 2.35 bits per heavy atom. The molecule has 0 spiro atoms. The van der Waals surface area contributed by atoms with E-state index in [1.54, 1.807) is 0 Å². The SMILES string of the molecule is CCN1CCC(CCN=C(N)N2CCCCC2)CC1.I. The van der Waals surface area contributed by atoms with Crippen molar-refractivity contribution >= 4 is 29.9 Å². The highest BCUT2D eigenvalue weighted by Gasteiger charge is 2.17. The number of piperidine rings is 2. The number of halogens is 1. The number of nitrogens with zero attached hydrogens (tertiary/aromatic N) is 3. The molecule has 2 N–H and O–H groups in total. The molecule has 4 nitrogen and oxygen atoms in total. The Balaban J connectivity index is 0.00000200. The summed E-state index contributed by atoms with van der Waals surface area (Å²) in [7, 11) is 0. The first-order valence-electron chi connectivity index (χ1n) is 8.07. The molecule has 5 heteroatoms. The molecule has 2 aliphatic heterocycles. The zero-order valence-electron chi connectivity index (χ0n) is 12.9. The van der Waals surface area contributed by atoms with Gasteiger partial charge in [0, 0.05) is 19.6 Å². The minimum absolute atomic E-state index is 0. The Hall–Kier alpha value is -0.0400. The lowest BCUT2D eigenvalue weighted by atomic mass is 9.94. The van der Waals surface area contributed by atoms with E-state index in [4.69, 9.17) is 5.73 Å². The van der Waals surface area contributed by atoms with Gasteiger partial charge in [-0.2, -0.15) is 0 Å². The predicted molar refractivity (Wildman–Crippen MR) is 96.8 cm³/mol. The Kier molecular flexibility index (Phi) is 8.84. The van der Waals surface area contributed by atoms with Gasteiger partial charge in [-0.3, -0.25) is 4.99 Å². The average molecular weight is 394 g/mol. The van der Waals surface area contributed by atoms with Crippen LogP contribution < -0.4 is 5.73 Å². The van der Waals surface area contributed by atoms with Crippen LogP contribution in [0, 0.1) is 5.92 Å². The van der Waals surface area contributed by atoms with Gasteiger partial charge in [0.25, 0.3) is 0 Å². The molecule has 0 aromatic carbocycles. The molecule has 0 bridgehead atoms. The van der Waals surface area contributed by atoms with Crippen molar-refractivity contribution in [3.63, 3.8) is 0 Å². The summed E-state index contributed by atoms with van der Waals surface area (Å²) in [5, 5.41) is 0. The molecule has 20 heavy (non-hydrogen) atoms. The lowest BCUT2D eigenvalue weighted by Gasteiger charge is -2.31. The first-order chi connectivity index (χ1) is 9.29. The highest BCUT2D eigenvalue weighted by atomic mass is 127. The van der Waals surface area contributed by atoms with Crippen LogP contribution in [0.1, 0.15) is 45.4 Å². The second-order valence-corrected chi connectivity index (χ2v) is 5.95. The van der Waals surface area contributed by atoms with Crippen molar-refractivity contribution < 1.29 is 0 Å². The van der Waals surface area contributed by atoms with Crippen LogP contribution in [0.15, 0.2) is 4.99 Å².